The van der Waals surface area contributed by atoms with Crippen LogP contribution in [0.25, 0.3) is 33.5 Å². The maximum Gasteiger partial charge on any atom is 0.0973 e. The normalized spacial score (nSPS) is 16.0. The Morgan fingerprint density at radius 3 is 2.08 bits per heavy atom. The van der Waals surface area contributed by atoms with Crippen molar-refractivity contribution in [2.75, 3.05) is 25.5 Å². The molecule has 1 fully saturated rings. The highest BCUT2D eigenvalue weighted by molar-refractivity contribution is 5.86. The topological polar surface area (TPSA) is 41.0 Å². The molecule has 0 saturated carbocycles. The fraction of sp³-hybridized carbons (Fsp3) is 0.235. The van der Waals surface area contributed by atoms with Crippen molar-refractivity contribution in [3.63, 3.8) is 0 Å². The molecule has 1 aromatic heterocycles. The van der Waals surface area contributed by atoms with Crippen LogP contribution in [0.3, 0.4) is 0 Å². The average Bonchev–Trinajstić information content (AvgIpc) is 2.98. The Kier molecular flexibility index (Phi) is 7.14. The van der Waals surface area contributed by atoms with Crippen LogP contribution in [0.2, 0.25) is 0 Å². The van der Waals surface area contributed by atoms with Crippen molar-refractivity contribution in [2.45, 2.75) is 25.8 Å². The van der Waals surface area contributed by atoms with Crippen molar-refractivity contribution < 1.29 is 0 Å². The Labute approximate surface area is 225 Å². The molecule has 2 heterocycles. The summed E-state index contributed by atoms with van der Waals surface area (Å²) in [7, 11) is 2.02. The van der Waals surface area contributed by atoms with Gasteiger partial charge in [-0.05, 0) is 61.1 Å². The van der Waals surface area contributed by atoms with Crippen molar-refractivity contribution in [2.24, 2.45) is 5.92 Å². The van der Waals surface area contributed by atoms with Crippen LogP contribution in [0.4, 0.5) is 5.69 Å². The van der Waals surface area contributed by atoms with E-state index < -0.39 is 0 Å². The molecule has 0 aliphatic carbocycles. The Bertz CT molecular complexity index is 1510. The van der Waals surface area contributed by atoms with E-state index in [2.05, 4.69) is 83.0 Å². The van der Waals surface area contributed by atoms with Gasteiger partial charge in [-0.15, -0.1) is 0 Å². The average molecular weight is 499 g/mol. The molecule has 4 heteroatoms. The van der Waals surface area contributed by atoms with Gasteiger partial charge in [-0.1, -0.05) is 84.9 Å². The molecule has 4 aromatic carbocycles. The number of rotatable bonds is 7. The third-order valence-electron chi connectivity index (χ3n) is 7.65. The number of piperidine rings is 1. The molecule has 1 aliphatic heterocycles. The number of hydrogen-bond acceptors (Lipinski definition) is 4. The van der Waals surface area contributed by atoms with Gasteiger partial charge in [0.1, 0.15) is 0 Å². The molecular formula is C34H34N4. The third kappa shape index (κ3) is 5.32. The molecule has 0 amide bonds. The van der Waals surface area contributed by atoms with Gasteiger partial charge in [0.2, 0.25) is 0 Å². The maximum atomic E-state index is 5.05. The van der Waals surface area contributed by atoms with E-state index in [9.17, 15) is 0 Å². The summed E-state index contributed by atoms with van der Waals surface area (Å²) in [5, 5.41) is 3.36. The Hall–Kier alpha value is -4.02. The summed E-state index contributed by atoms with van der Waals surface area (Å²) >= 11 is 0. The quantitative estimate of drug-likeness (QED) is 0.253. The van der Waals surface area contributed by atoms with Gasteiger partial charge in [0.15, 0.2) is 0 Å². The second kappa shape index (κ2) is 11.2. The van der Waals surface area contributed by atoms with E-state index in [1.165, 1.54) is 36.2 Å². The van der Waals surface area contributed by atoms with E-state index in [-0.39, 0.29) is 0 Å². The molecule has 5 aromatic rings. The van der Waals surface area contributed by atoms with E-state index >= 15 is 0 Å². The number of hydrogen-bond donors (Lipinski definition) is 1. The first kappa shape index (κ1) is 24.3. The molecule has 0 spiro atoms. The first-order chi connectivity index (χ1) is 18.8. The minimum Gasteiger partial charge on any atom is -0.388 e. The highest BCUT2D eigenvalue weighted by Gasteiger charge is 2.21. The van der Waals surface area contributed by atoms with Gasteiger partial charge in [0, 0.05) is 37.0 Å². The lowest BCUT2D eigenvalue weighted by Gasteiger charge is -2.33. The van der Waals surface area contributed by atoms with E-state index in [0.29, 0.717) is 5.92 Å². The molecule has 1 unspecified atom stereocenters. The zero-order valence-electron chi connectivity index (χ0n) is 22.0. The summed E-state index contributed by atoms with van der Waals surface area (Å²) in [4.78, 5) is 12.7. The third-order valence-corrected chi connectivity index (χ3v) is 7.65. The number of likely N-dealkylation sites (tertiary alicyclic amines) is 1. The molecule has 190 valence electrons. The van der Waals surface area contributed by atoms with Crippen LogP contribution in [0.5, 0.6) is 0 Å². The number of nitrogens with one attached hydrogen (secondary N) is 1. The van der Waals surface area contributed by atoms with Gasteiger partial charge in [0.05, 0.1) is 22.4 Å². The standard InChI is InChI=1S/C34H34N4/c1-35-30-14-6-5-13-29(30)22-26-10-9-21-38(24-26)23-25-17-19-28(20-18-25)34-33(27-11-3-2-4-12-27)36-31-15-7-8-16-32(31)37-34/h2-8,11-20,26,35H,9-10,21-24H2,1H3. The molecule has 1 N–H and O–H groups in total. The van der Waals surface area contributed by atoms with E-state index in [1.54, 1.807) is 0 Å². The number of nitrogens with zero attached hydrogens (tertiary/aromatic N) is 3. The Balaban J connectivity index is 1.21. The molecule has 0 radical (unpaired) electrons. The summed E-state index contributed by atoms with van der Waals surface area (Å²) in [6.45, 7) is 3.30. The number of benzene rings is 4. The van der Waals surface area contributed by atoms with Crippen LogP contribution in [0.1, 0.15) is 24.0 Å². The van der Waals surface area contributed by atoms with Gasteiger partial charge >= 0.3 is 0 Å². The van der Waals surface area contributed by atoms with Crippen LogP contribution in [-0.2, 0) is 13.0 Å². The van der Waals surface area contributed by atoms with Crippen molar-refractivity contribution in [3.8, 4) is 22.5 Å². The summed E-state index contributed by atoms with van der Waals surface area (Å²) in [6.07, 6.45) is 3.70. The predicted molar refractivity (Wildman–Crippen MR) is 158 cm³/mol. The monoisotopic (exact) mass is 498 g/mol. The zero-order chi connectivity index (χ0) is 25.7. The van der Waals surface area contributed by atoms with Crippen molar-refractivity contribution in [1.82, 2.24) is 14.9 Å². The lowest BCUT2D eigenvalue weighted by Crippen LogP contribution is -2.35. The summed E-state index contributed by atoms with van der Waals surface area (Å²) in [6, 6.07) is 36.2. The Morgan fingerprint density at radius 2 is 1.37 bits per heavy atom. The van der Waals surface area contributed by atoms with Gasteiger partial charge in [0.25, 0.3) is 0 Å². The molecule has 0 bridgehead atoms. The number of para-hydroxylation sites is 3. The van der Waals surface area contributed by atoms with E-state index in [0.717, 1.165) is 53.1 Å². The van der Waals surface area contributed by atoms with Crippen molar-refractivity contribution >= 4 is 16.7 Å². The molecule has 1 atom stereocenters. The molecular weight excluding hydrogens is 464 g/mol. The molecule has 6 rings (SSSR count). The van der Waals surface area contributed by atoms with Gasteiger partial charge in [-0.3, -0.25) is 4.90 Å². The first-order valence-corrected chi connectivity index (χ1v) is 13.7. The zero-order valence-corrected chi connectivity index (χ0v) is 22.0. The van der Waals surface area contributed by atoms with Gasteiger partial charge in [-0.2, -0.15) is 0 Å². The van der Waals surface area contributed by atoms with E-state index in [1.807, 2.05) is 37.4 Å². The largest absolute Gasteiger partial charge is 0.388 e. The predicted octanol–water partition coefficient (Wildman–Crippen LogP) is 7.46. The second-order valence-electron chi connectivity index (χ2n) is 10.3. The lowest BCUT2D eigenvalue weighted by molar-refractivity contribution is 0.167. The van der Waals surface area contributed by atoms with Crippen LogP contribution in [-0.4, -0.2) is 35.0 Å². The first-order valence-electron chi connectivity index (χ1n) is 13.7. The van der Waals surface area contributed by atoms with Gasteiger partial charge < -0.3 is 5.32 Å². The second-order valence-corrected chi connectivity index (χ2v) is 10.3. The van der Waals surface area contributed by atoms with Crippen LogP contribution in [0.15, 0.2) is 103 Å². The fourth-order valence-corrected chi connectivity index (χ4v) is 5.74. The molecule has 1 saturated heterocycles. The highest BCUT2D eigenvalue weighted by atomic mass is 15.1. The molecule has 1 aliphatic rings. The summed E-state index contributed by atoms with van der Waals surface area (Å²) in [5.74, 6) is 0.693. The maximum absolute atomic E-state index is 5.05. The van der Waals surface area contributed by atoms with Crippen molar-refractivity contribution in [1.29, 1.82) is 0 Å². The summed E-state index contributed by atoms with van der Waals surface area (Å²) in [5.41, 5.74) is 9.92. The number of anilines is 1. The minimum atomic E-state index is 0.693. The van der Waals surface area contributed by atoms with Crippen LogP contribution >= 0.6 is 0 Å². The molecule has 38 heavy (non-hydrogen) atoms. The Morgan fingerprint density at radius 1 is 0.737 bits per heavy atom. The van der Waals surface area contributed by atoms with Crippen molar-refractivity contribution in [3.05, 3.63) is 114 Å². The van der Waals surface area contributed by atoms with Crippen LogP contribution in [0, 0.1) is 5.92 Å². The lowest BCUT2D eigenvalue weighted by atomic mass is 9.90. The number of fused-ring (bicyclic) bond motifs is 1. The smallest absolute Gasteiger partial charge is 0.0973 e. The SMILES string of the molecule is CNc1ccccc1CC1CCCN(Cc2ccc(-c3nc4ccccc4nc3-c3ccccc3)cc2)C1. The highest BCUT2D eigenvalue weighted by Crippen LogP contribution is 2.31. The summed E-state index contributed by atoms with van der Waals surface area (Å²) < 4.78 is 0. The van der Waals surface area contributed by atoms with Gasteiger partial charge in [-0.25, -0.2) is 9.97 Å². The fourth-order valence-electron chi connectivity index (χ4n) is 5.74. The molecule has 4 nitrogen and oxygen atoms in total. The number of aromatic nitrogens is 2. The van der Waals surface area contributed by atoms with Crippen LogP contribution < -0.4 is 5.32 Å². The van der Waals surface area contributed by atoms with E-state index in [4.69, 9.17) is 9.97 Å². The minimum absolute atomic E-state index is 0.693.